The van der Waals surface area contributed by atoms with Crippen molar-refractivity contribution in [2.24, 2.45) is 7.05 Å². The summed E-state index contributed by atoms with van der Waals surface area (Å²) in [5, 5.41) is 14.7. The van der Waals surface area contributed by atoms with Crippen molar-refractivity contribution < 1.29 is 18.7 Å². The Kier molecular flexibility index (Phi) is 8.40. The molecule has 0 atom stereocenters. The van der Waals surface area contributed by atoms with E-state index in [2.05, 4.69) is 42.6 Å². The molecule has 230 valence electrons. The largest absolute Gasteiger partial charge is 0.495 e. The van der Waals surface area contributed by atoms with Crippen LogP contribution in [0.4, 0.5) is 33.2 Å². The topological polar surface area (TPSA) is 131 Å². The number of ether oxygens (including phenoxy) is 2. The predicted molar refractivity (Wildman–Crippen MR) is 170 cm³/mol. The van der Waals surface area contributed by atoms with Gasteiger partial charge in [0.2, 0.25) is 5.91 Å². The first kappa shape index (κ1) is 29.4. The number of rotatable bonds is 10. The van der Waals surface area contributed by atoms with Crippen LogP contribution in [0.1, 0.15) is 12.8 Å². The van der Waals surface area contributed by atoms with Gasteiger partial charge in [-0.3, -0.25) is 9.48 Å². The van der Waals surface area contributed by atoms with E-state index in [1.165, 1.54) is 18.5 Å². The first-order chi connectivity index (χ1) is 21.9. The smallest absolute Gasteiger partial charge is 0.245 e. The number of halogens is 1. The highest BCUT2D eigenvalue weighted by molar-refractivity contribution is 5.95. The third kappa shape index (κ3) is 6.77. The Morgan fingerprint density at radius 3 is 2.56 bits per heavy atom. The second-order valence-electron chi connectivity index (χ2n) is 10.5. The monoisotopic (exact) mass is 609 g/mol. The maximum atomic E-state index is 15.3. The van der Waals surface area contributed by atoms with Gasteiger partial charge in [0, 0.05) is 68.2 Å². The number of nitrogens with zero attached hydrogens (tertiary/aromatic N) is 6. The summed E-state index contributed by atoms with van der Waals surface area (Å²) in [6.07, 6.45) is 7.73. The number of fused-ring (bicyclic) bond motifs is 1. The van der Waals surface area contributed by atoms with E-state index < -0.39 is 5.82 Å². The van der Waals surface area contributed by atoms with Gasteiger partial charge in [0.25, 0.3) is 0 Å². The van der Waals surface area contributed by atoms with Crippen molar-refractivity contribution in [2.45, 2.75) is 18.9 Å². The SMILES string of the molecule is C=CC(=O)N1CCC(Nc2cc3c(Nc4ccc(Oc5ccnc(Nc6ccn(C)n6)c5)cc4F)ncnc3cc2OC)CC1. The van der Waals surface area contributed by atoms with Gasteiger partial charge >= 0.3 is 0 Å². The first-order valence-electron chi connectivity index (χ1n) is 14.4. The number of aromatic nitrogens is 5. The molecule has 0 spiro atoms. The number of likely N-dealkylation sites (tertiary alicyclic amines) is 1. The van der Waals surface area contributed by atoms with E-state index in [0.29, 0.717) is 58.7 Å². The predicted octanol–water partition coefficient (Wildman–Crippen LogP) is 5.77. The number of amides is 1. The molecule has 2 aromatic carbocycles. The lowest BCUT2D eigenvalue weighted by molar-refractivity contribution is -0.126. The molecule has 3 aromatic heterocycles. The van der Waals surface area contributed by atoms with E-state index in [0.717, 1.165) is 18.5 Å². The number of benzene rings is 2. The van der Waals surface area contributed by atoms with Crippen LogP contribution in [0.15, 0.2) is 79.9 Å². The fourth-order valence-corrected chi connectivity index (χ4v) is 5.14. The molecule has 3 N–H and O–H groups in total. The van der Waals surface area contributed by atoms with Crippen LogP contribution in [-0.2, 0) is 11.8 Å². The van der Waals surface area contributed by atoms with Crippen molar-refractivity contribution in [3.63, 3.8) is 0 Å². The molecule has 0 radical (unpaired) electrons. The quantitative estimate of drug-likeness (QED) is 0.168. The summed E-state index contributed by atoms with van der Waals surface area (Å²) in [5.74, 6) is 2.46. The van der Waals surface area contributed by atoms with Gasteiger partial charge in [-0.2, -0.15) is 5.10 Å². The summed E-state index contributed by atoms with van der Waals surface area (Å²) in [6, 6.07) is 13.6. The molecule has 1 amide bonds. The second kappa shape index (κ2) is 12.9. The maximum absolute atomic E-state index is 15.3. The van der Waals surface area contributed by atoms with Crippen molar-refractivity contribution >= 4 is 45.6 Å². The van der Waals surface area contributed by atoms with Crippen LogP contribution in [0, 0.1) is 5.82 Å². The highest BCUT2D eigenvalue weighted by atomic mass is 19.1. The van der Waals surface area contributed by atoms with Gasteiger partial charge in [-0.15, -0.1) is 0 Å². The van der Waals surface area contributed by atoms with Crippen LogP contribution in [0.25, 0.3) is 10.9 Å². The Balaban J connectivity index is 1.18. The van der Waals surface area contributed by atoms with Crippen LogP contribution in [0.2, 0.25) is 0 Å². The van der Waals surface area contributed by atoms with Crippen molar-refractivity contribution in [2.75, 3.05) is 36.1 Å². The van der Waals surface area contributed by atoms with Gasteiger partial charge in [0.15, 0.2) is 5.82 Å². The van der Waals surface area contributed by atoms with Gasteiger partial charge in [-0.1, -0.05) is 6.58 Å². The van der Waals surface area contributed by atoms with E-state index in [1.54, 1.807) is 47.2 Å². The van der Waals surface area contributed by atoms with Crippen molar-refractivity contribution in [1.82, 2.24) is 29.6 Å². The summed E-state index contributed by atoms with van der Waals surface area (Å²) < 4.78 is 28.6. The number of pyridine rings is 1. The summed E-state index contributed by atoms with van der Waals surface area (Å²) in [4.78, 5) is 26.8. The van der Waals surface area contributed by atoms with Crippen molar-refractivity contribution in [3.05, 3.63) is 85.7 Å². The molecule has 13 heteroatoms. The Bertz CT molecular complexity index is 1850. The standard InChI is InChI=1S/C32H32FN9O3/c1-4-31(43)42-13-8-20(9-14-42)37-27-17-23-26(18-28(27)44-3)35-19-36-32(23)38-25-6-5-21(15-24(25)33)45-22-7-11-34-30(16-22)39-29-10-12-41(2)40-29/h4-7,10-12,15-20,37H,1,8-9,13-14H2,2-3H3,(H,34,39,40)(H,35,36,38). The third-order valence-electron chi connectivity index (χ3n) is 7.43. The van der Waals surface area contributed by atoms with E-state index in [9.17, 15) is 4.79 Å². The molecule has 12 nitrogen and oxygen atoms in total. The number of carbonyl (C=O) groups excluding carboxylic acids is 1. The third-order valence-corrected chi connectivity index (χ3v) is 7.43. The molecule has 0 bridgehead atoms. The highest BCUT2D eigenvalue weighted by Crippen LogP contribution is 2.35. The van der Waals surface area contributed by atoms with Crippen LogP contribution in [0.5, 0.6) is 17.2 Å². The summed E-state index contributed by atoms with van der Waals surface area (Å²) >= 11 is 0. The molecule has 0 aliphatic carbocycles. The molecule has 0 unspecified atom stereocenters. The van der Waals surface area contributed by atoms with E-state index >= 15 is 4.39 Å². The normalized spacial score (nSPS) is 13.4. The molecule has 1 fully saturated rings. The molecule has 1 saturated heterocycles. The second-order valence-corrected chi connectivity index (χ2v) is 10.5. The zero-order valence-electron chi connectivity index (χ0n) is 24.8. The van der Waals surface area contributed by atoms with Crippen LogP contribution in [0.3, 0.4) is 0 Å². The zero-order chi connectivity index (χ0) is 31.3. The lowest BCUT2D eigenvalue weighted by Crippen LogP contribution is -2.41. The van der Waals surface area contributed by atoms with Gasteiger partial charge in [-0.25, -0.2) is 19.3 Å². The molecule has 1 aliphatic rings. The van der Waals surface area contributed by atoms with E-state index in [1.807, 2.05) is 31.4 Å². The highest BCUT2D eigenvalue weighted by Gasteiger charge is 2.23. The number of nitrogens with one attached hydrogen (secondary N) is 3. The Hall–Kier alpha value is -5.72. The van der Waals surface area contributed by atoms with Crippen LogP contribution < -0.4 is 25.4 Å². The fourth-order valence-electron chi connectivity index (χ4n) is 5.14. The average molecular weight is 610 g/mol. The Morgan fingerprint density at radius 2 is 1.82 bits per heavy atom. The number of anilines is 5. The minimum Gasteiger partial charge on any atom is -0.495 e. The molecule has 1 aliphatic heterocycles. The van der Waals surface area contributed by atoms with E-state index in [-0.39, 0.29) is 17.6 Å². The van der Waals surface area contributed by atoms with Gasteiger partial charge in [-0.05, 0) is 43.2 Å². The Labute approximate surface area is 258 Å². The molecular formula is C32H32FN9O3. The first-order valence-corrected chi connectivity index (χ1v) is 14.4. The molecule has 6 rings (SSSR count). The zero-order valence-corrected chi connectivity index (χ0v) is 24.8. The summed E-state index contributed by atoms with van der Waals surface area (Å²) in [5.41, 5.74) is 1.61. The van der Waals surface area contributed by atoms with Crippen molar-refractivity contribution in [3.8, 4) is 17.2 Å². The molecule has 4 heterocycles. The lowest BCUT2D eigenvalue weighted by Gasteiger charge is -2.32. The maximum Gasteiger partial charge on any atom is 0.245 e. The molecule has 0 saturated carbocycles. The molecular weight excluding hydrogens is 577 g/mol. The van der Waals surface area contributed by atoms with Gasteiger partial charge in [0.05, 0.1) is 24.0 Å². The number of piperidine rings is 1. The number of aryl methyl sites for hydroxylation is 1. The van der Waals surface area contributed by atoms with Crippen LogP contribution >= 0.6 is 0 Å². The lowest BCUT2D eigenvalue weighted by atomic mass is 10.0. The summed E-state index contributed by atoms with van der Waals surface area (Å²) in [7, 11) is 3.42. The Morgan fingerprint density at radius 1 is 1.00 bits per heavy atom. The minimum atomic E-state index is -0.521. The summed E-state index contributed by atoms with van der Waals surface area (Å²) in [6.45, 7) is 4.85. The molecule has 45 heavy (non-hydrogen) atoms. The van der Waals surface area contributed by atoms with Gasteiger partial charge < -0.3 is 30.3 Å². The minimum absolute atomic E-state index is 0.0585. The fraction of sp³-hybridized carbons (Fsp3) is 0.219. The average Bonchev–Trinajstić information content (AvgIpc) is 3.46. The van der Waals surface area contributed by atoms with Gasteiger partial charge in [0.1, 0.15) is 41.0 Å². The molecule has 5 aromatic rings. The number of methoxy groups -OCH3 is 1. The van der Waals surface area contributed by atoms with Crippen LogP contribution in [-0.4, -0.2) is 61.8 Å². The number of hydrogen-bond acceptors (Lipinski definition) is 10. The van der Waals surface area contributed by atoms with Crippen molar-refractivity contribution in [1.29, 1.82) is 0 Å². The number of hydrogen-bond donors (Lipinski definition) is 3. The van der Waals surface area contributed by atoms with E-state index in [4.69, 9.17) is 9.47 Å². The number of carbonyl (C=O) groups is 1.